The summed E-state index contributed by atoms with van der Waals surface area (Å²) in [6.45, 7) is 5.17. The summed E-state index contributed by atoms with van der Waals surface area (Å²) < 4.78 is 10.7. The zero-order valence-electron chi connectivity index (χ0n) is 19.3. The van der Waals surface area contributed by atoms with Crippen molar-refractivity contribution in [2.24, 2.45) is 0 Å². The maximum atomic E-state index is 12.4. The molecule has 4 nitrogen and oxygen atoms in total. The minimum atomic E-state index is -0.446. The molecular formula is C26H42O4. The predicted molar refractivity (Wildman–Crippen MR) is 123 cm³/mol. The van der Waals surface area contributed by atoms with Crippen LogP contribution in [0.1, 0.15) is 124 Å². The number of carbonyl (C=O) groups is 2. The lowest BCUT2D eigenvalue weighted by atomic mass is 10.1. The molecule has 0 heterocycles. The fraction of sp³-hybridized carbons (Fsp3) is 0.692. The highest BCUT2D eigenvalue weighted by Crippen LogP contribution is 2.14. The lowest BCUT2D eigenvalue weighted by molar-refractivity contribution is 0.0450. The smallest absolute Gasteiger partial charge is 0.339 e. The molecule has 1 aromatic rings. The quantitative estimate of drug-likeness (QED) is 0.183. The summed E-state index contributed by atoms with van der Waals surface area (Å²) in [5, 5.41) is 0. The average Bonchev–Trinajstić information content (AvgIpc) is 2.77. The molecule has 0 amide bonds. The normalized spacial score (nSPS) is 10.7. The lowest BCUT2D eigenvalue weighted by Gasteiger charge is -2.10. The largest absolute Gasteiger partial charge is 0.462 e. The van der Waals surface area contributed by atoms with Gasteiger partial charge in [-0.25, -0.2) is 9.59 Å². The molecule has 0 spiro atoms. The van der Waals surface area contributed by atoms with E-state index in [1.54, 1.807) is 24.3 Å². The molecule has 0 saturated heterocycles. The van der Waals surface area contributed by atoms with Crippen molar-refractivity contribution in [2.75, 3.05) is 13.2 Å². The number of benzene rings is 1. The number of carbonyl (C=O) groups excluding carboxylic acids is 2. The highest BCUT2D eigenvalue weighted by atomic mass is 16.5. The third-order valence-electron chi connectivity index (χ3n) is 5.33. The molecule has 0 fully saturated rings. The molecule has 0 saturated carbocycles. The Bertz CT molecular complexity index is 582. The van der Waals surface area contributed by atoms with E-state index in [0.29, 0.717) is 24.3 Å². The molecule has 0 aliphatic carbocycles. The average molecular weight is 419 g/mol. The van der Waals surface area contributed by atoms with E-state index in [2.05, 4.69) is 13.8 Å². The van der Waals surface area contributed by atoms with Crippen molar-refractivity contribution in [2.45, 2.75) is 104 Å². The summed E-state index contributed by atoms with van der Waals surface area (Å²) in [5.74, 6) is -0.887. The van der Waals surface area contributed by atoms with Crippen LogP contribution in [-0.2, 0) is 9.47 Å². The van der Waals surface area contributed by atoms with Gasteiger partial charge in [-0.15, -0.1) is 0 Å². The van der Waals surface area contributed by atoms with Gasteiger partial charge in [0.1, 0.15) is 0 Å². The molecule has 0 aliphatic heterocycles. The molecule has 0 aliphatic rings. The van der Waals surface area contributed by atoms with Gasteiger partial charge in [-0.3, -0.25) is 0 Å². The highest BCUT2D eigenvalue weighted by molar-refractivity contribution is 6.03. The Hall–Kier alpha value is -1.84. The highest BCUT2D eigenvalue weighted by Gasteiger charge is 2.18. The van der Waals surface area contributed by atoms with Crippen molar-refractivity contribution in [3.63, 3.8) is 0 Å². The summed E-state index contributed by atoms with van der Waals surface area (Å²) >= 11 is 0. The molecule has 4 heteroatoms. The first-order chi connectivity index (χ1) is 14.7. The van der Waals surface area contributed by atoms with Crippen LogP contribution >= 0.6 is 0 Å². The van der Waals surface area contributed by atoms with Crippen LogP contribution in [0.2, 0.25) is 0 Å². The number of rotatable bonds is 18. The number of esters is 2. The third kappa shape index (κ3) is 12.0. The van der Waals surface area contributed by atoms with Crippen LogP contribution in [0.3, 0.4) is 0 Å². The van der Waals surface area contributed by atoms with Crippen molar-refractivity contribution in [3.05, 3.63) is 35.4 Å². The number of unbranched alkanes of at least 4 members (excludes halogenated alkanes) is 12. The van der Waals surface area contributed by atoms with E-state index < -0.39 is 11.9 Å². The van der Waals surface area contributed by atoms with Gasteiger partial charge in [0.05, 0.1) is 24.3 Å². The molecule has 0 unspecified atom stereocenters. The molecule has 1 rings (SSSR count). The van der Waals surface area contributed by atoms with Crippen molar-refractivity contribution < 1.29 is 19.1 Å². The third-order valence-corrected chi connectivity index (χ3v) is 5.33. The van der Waals surface area contributed by atoms with Gasteiger partial charge >= 0.3 is 11.9 Å². The van der Waals surface area contributed by atoms with E-state index in [-0.39, 0.29) is 0 Å². The molecule has 0 radical (unpaired) electrons. The van der Waals surface area contributed by atoms with E-state index in [4.69, 9.17) is 9.47 Å². The Kier molecular flexibility index (Phi) is 15.7. The van der Waals surface area contributed by atoms with E-state index in [1.165, 1.54) is 51.4 Å². The summed E-state index contributed by atoms with van der Waals surface area (Å²) in [6.07, 6.45) is 16.6. The van der Waals surface area contributed by atoms with Gasteiger partial charge in [0.2, 0.25) is 0 Å². The molecule has 170 valence electrons. The zero-order valence-corrected chi connectivity index (χ0v) is 19.3. The van der Waals surface area contributed by atoms with Gasteiger partial charge in [0.25, 0.3) is 0 Å². The number of ether oxygens (including phenoxy) is 2. The van der Waals surface area contributed by atoms with Gasteiger partial charge < -0.3 is 9.47 Å². The Morgan fingerprint density at radius 3 is 1.30 bits per heavy atom. The Morgan fingerprint density at radius 1 is 0.567 bits per heavy atom. The molecule has 0 N–H and O–H groups in total. The summed E-state index contributed by atoms with van der Waals surface area (Å²) in [4.78, 5) is 24.7. The minimum Gasteiger partial charge on any atom is -0.462 e. The first-order valence-corrected chi connectivity index (χ1v) is 12.1. The van der Waals surface area contributed by atoms with Crippen LogP contribution in [0.25, 0.3) is 0 Å². The zero-order chi connectivity index (χ0) is 21.9. The predicted octanol–water partition coefficient (Wildman–Crippen LogP) is 7.50. The molecule has 0 atom stereocenters. The molecule has 0 aromatic heterocycles. The van der Waals surface area contributed by atoms with Crippen LogP contribution in [0, 0.1) is 0 Å². The number of hydrogen-bond donors (Lipinski definition) is 0. The fourth-order valence-electron chi connectivity index (χ4n) is 3.44. The van der Waals surface area contributed by atoms with Gasteiger partial charge in [0.15, 0.2) is 0 Å². The second-order valence-corrected chi connectivity index (χ2v) is 8.06. The lowest BCUT2D eigenvalue weighted by Crippen LogP contribution is -2.15. The van der Waals surface area contributed by atoms with Crippen molar-refractivity contribution in [3.8, 4) is 0 Å². The Labute approximate surface area is 183 Å². The van der Waals surface area contributed by atoms with Crippen molar-refractivity contribution >= 4 is 11.9 Å². The molecule has 0 bridgehead atoms. The Morgan fingerprint density at radius 2 is 0.900 bits per heavy atom. The molecule has 1 aromatic carbocycles. The fourth-order valence-corrected chi connectivity index (χ4v) is 3.44. The van der Waals surface area contributed by atoms with E-state index in [9.17, 15) is 9.59 Å². The van der Waals surface area contributed by atoms with E-state index in [1.807, 2.05) is 0 Å². The van der Waals surface area contributed by atoms with Gasteiger partial charge in [-0.05, 0) is 25.0 Å². The van der Waals surface area contributed by atoms with Crippen molar-refractivity contribution in [1.82, 2.24) is 0 Å². The molecule has 30 heavy (non-hydrogen) atoms. The maximum absolute atomic E-state index is 12.4. The van der Waals surface area contributed by atoms with Crippen LogP contribution < -0.4 is 0 Å². The van der Waals surface area contributed by atoms with Crippen LogP contribution in [0.5, 0.6) is 0 Å². The Balaban J connectivity index is 2.23. The van der Waals surface area contributed by atoms with Crippen LogP contribution in [0.15, 0.2) is 24.3 Å². The minimum absolute atomic E-state index is 0.293. The second kappa shape index (κ2) is 18.0. The summed E-state index contributed by atoms with van der Waals surface area (Å²) in [7, 11) is 0. The summed E-state index contributed by atoms with van der Waals surface area (Å²) in [5.41, 5.74) is 0.587. The monoisotopic (exact) mass is 418 g/mol. The van der Waals surface area contributed by atoms with Crippen LogP contribution in [-0.4, -0.2) is 25.2 Å². The van der Waals surface area contributed by atoms with Gasteiger partial charge in [-0.2, -0.15) is 0 Å². The van der Waals surface area contributed by atoms with E-state index in [0.717, 1.165) is 38.5 Å². The first kappa shape index (κ1) is 26.2. The SMILES string of the molecule is CCCCCCCCCCCCOC(=O)c1ccccc1C(=O)OCCCCCC. The number of hydrogen-bond acceptors (Lipinski definition) is 4. The second-order valence-electron chi connectivity index (χ2n) is 8.06. The van der Waals surface area contributed by atoms with Crippen molar-refractivity contribution in [1.29, 1.82) is 0 Å². The van der Waals surface area contributed by atoms with Gasteiger partial charge in [0, 0.05) is 0 Å². The van der Waals surface area contributed by atoms with Crippen LogP contribution in [0.4, 0.5) is 0 Å². The first-order valence-electron chi connectivity index (χ1n) is 12.1. The maximum Gasteiger partial charge on any atom is 0.339 e. The standard InChI is InChI=1S/C26H42O4/c1-3-5-7-9-10-11-12-13-14-18-22-30-26(28)24-20-16-15-19-23(24)25(27)29-21-17-8-6-4-2/h15-16,19-20H,3-14,17-18,21-22H2,1-2H3. The topological polar surface area (TPSA) is 52.6 Å². The van der Waals surface area contributed by atoms with Gasteiger partial charge in [-0.1, -0.05) is 103 Å². The summed E-state index contributed by atoms with van der Waals surface area (Å²) in [6, 6.07) is 6.75. The molecular weight excluding hydrogens is 376 g/mol. The van der Waals surface area contributed by atoms with E-state index >= 15 is 0 Å².